The zero-order valence-corrected chi connectivity index (χ0v) is 10.8. The molecule has 1 aromatic rings. The summed E-state index contributed by atoms with van der Waals surface area (Å²) in [6.45, 7) is 6.24. The fraction of sp³-hybridized carbons (Fsp3) is 0.500. The first-order valence-corrected chi connectivity index (χ1v) is 6.31. The molecule has 0 saturated heterocycles. The third kappa shape index (κ3) is 3.56. The van der Waals surface area contributed by atoms with Gasteiger partial charge < -0.3 is 10.6 Å². The number of carbonyl (C=O) groups is 1. The number of nitrogens with two attached hydrogens (primary N) is 1. The molecule has 0 unspecified atom stereocenters. The van der Waals surface area contributed by atoms with E-state index in [1.807, 2.05) is 36.1 Å². The number of amides is 1. The molecule has 2 N–H and O–H groups in total. The van der Waals surface area contributed by atoms with Gasteiger partial charge in [-0.05, 0) is 37.9 Å². The van der Waals surface area contributed by atoms with Gasteiger partial charge in [0.05, 0.1) is 0 Å². The van der Waals surface area contributed by atoms with Crippen LogP contribution in [0.4, 0.5) is 0 Å². The van der Waals surface area contributed by atoms with Crippen molar-refractivity contribution >= 4 is 5.91 Å². The van der Waals surface area contributed by atoms with Crippen LogP contribution in [0, 0.1) is 0 Å². The molecule has 94 valence electrons. The summed E-state index contributed by atoms with van der Waals surface area (Å²) in [5, 5.41) is 0. The van der Waals surface area contributed by atoms with Gasteiger partial charge in [0.1, 0.15) is 0 Å². The normalized spacial score (nSPS) is 10.3. The standard InChI is InChI=1S/C14H22N2O/c1-3-11-16(4-2)14(17)13-8-6-5-7-12(13)9-10-15/h5-8H,3-4,9-11,15H2,1-2H3. The fourth-order valence-corrected chi connectivity index (χ4v) is 1.95. The second-order valence-corrected chi connectivity index (χ2v) is 4.08. The Balaban J connectivity index is 2.93. The van der Waals surface area contributed by atoms with Crippen molar-refractivity contribution < 1.29 is 4.79 Å². The molecule has 17 heavy (non-hydrogen) atoms. The Kier molecular flexibility index (Phi) is 5.70. The van der Waals surface area contributed by atoms with Crippen LogP contribution in [0.3, 0.4) is 0 Å². The van der Waals surface area contributed by atoms with E-state index >= 15 is 0 Å². The van der Waals surface area contributed by atoms with Crippen LogP contribution in [0.15, 0.2) is 24.3 Å². The van der Waals surface area contributed by atoms with Crippen LogP contribution in [-0.2, 0) is 6.42 Å². The summed E-state index contributed by atoms with van der Waals surface area (Å²) < 4.78 is 0. The second-order valence-electron chi connectivity index (χ2n) is 4.08. The van der Waals surface area contributed by atoms with Crippen molar-refractivity contribution in [2.24, 2.45) is 5.73 Å². The average molecular weight is 234 g/mol. The molecule has 0 heterocycles. The van der Waals surface area contributed by atoms with E-state index < -0.39 is 0 Å². The van der Waals surface area contributed by atoms with E-state index in [4.69, 9.17) is 5.73 Å². The van der Waals surface area contributed by atoms with Crippen LogP contribution in [0.25, 0.3) is 0 Å². The molecule has 0 spiro atoms. The first-order chi connectivity index (χ1) is 8.24. The van der Waals surface area contributed by atoms with Crippen LogP contribution in [-0.4, -0.2) is 30.4 Å². The number of hydrogen-bond acceptors (Lipinski definition) is 2. The molecule has 0 aliphatic heterocycles. The number of rotatable bonds is 6. The highest BCUT2D eigenvalue weighted by Gasteiger charge is 2.15. The molecule has 1 aromatic carbocycles. The van der Waals surface area contributed by atoms with Gasteiger partial charge in [-0.2, -0.15) is 0 Å². The van der Waals surface area contributed by atoms with Crippen LogP contribution >= 0.6 is 0 Å². The van der Waals surface area contributed by atoms with Gasteiger partial charge in [0, 0.05) is 18.7 Å². The van der Waals surface area contributed by atoms with Crippen molar-refractivity contribution in [3.05, 3.63) is 35.4 Å². The van der Waals surface area contributed by atoms with Gasteiger partial charge in [0.25, 0.3) is 5.91 Å². The Morgan fingerprint density at radius 1 is 1.29 bits per heavy atom. The van der Waals surface area contributed by atoms with Gasteiger partial charge in [0.15, 0.2) is 0 Å². The first-order valence-electron chi connectivity index (χ1n) is 6.31. The highest BCUT2D eigenvalue weighted by atomic mass is 16.2. The Hall–Kier alpha value is -1.35. The van der Waals surface area contributed by atoms with Crippen molar-refractivity contribution in [1.29, 1.82) is 0 Å². The van der Waals surface area contributed by atoms with Crippen LogP contribution in [0.2, 0.25) is 0 Å². The Morgan fingerprint density at radius 2 is 2.00 bits per heavy atom. The smallest absolute Gasteiger partial charge is 0.254 e. The summed E-state index contributed by atoms with van der Waals surface area (Å²) >= 11 is 0. The SMILES string of the molecule is CCCN(CC)C(=O)c1ccccc1CCN. The van der Waals surface area contributed by atoms with Gasteiger partial charge in [-0.3, -0.25) is 4.79 Å². The average Bonchev–Trinajstić information content (AvgIpc) is 2.36. The summed E-state index contributed by atoms with van der Waals surface area (Å²) in [7, 11) is 0. The zero-order valence-electron chi connectivity index (χ0n) is 10.8. The maximum atomic E-state index is 12.3. The lowest BCUT2D eigenvalue weighted by molar-refractivity contribution is 0.0763. The molecular formula is C14H22N2O. The molecule has 3 heteroatoms. The molecule has 1 rings (SSSR count). The summed E-state index contributed by atoms with van der Waals surface area (Å²) in [6, 6.07) is 7.75. The zero-order chi connectivity index (χ0) is 12.7. The highest BCUT2D eigenvalue weighted by molar-refractivity contribution is 5.95. The molecule has 0 aliphatic carbocycles. The lowest BCUT2D eigenvalue weighted by Crippen LogP contribution is -2.32. The van der Waals surface area contributed by atoms with Crippen molar-refractivity contribution in [3.63, 3.8) is 0 Å². The molecule has 0 bridgehead atoms. The Morgan fingerprint density at radius 3 is 2.59 bits per heavy atom. The lowest BCUT2D eigenvalue weighted by atomic mass is 10.0. The number of hydrogen-bond donors (Lipinski definition) is 1. The number of carbonyl (C=O) groups excluding carboxylic acids is 1. The second kappa shape index (κ2) is 7.07. The largest absolute Gasteiger partial charge is 0.339 e. The first kappa shape index (κ1) is 13.7. The predicted molar refractivity (Wildman–Crippen MR) is 71.1 cm³/mol. The van der Waals surface area contributed by atoms with Crippen LogP contribution < -0.4 is 5.73 Å². The minimum Gasteiger partial charge on any atom is -0.339 e. The molecule has 0 aromatic heterocycles. The van der Waals surface area contributed by atoms with E-state index in [1.165, 1.54) is 0 Å². The van der Waals surface area contributed by atoms with E-state index in [1.54, 1.807) is 0 Å². The molecule has 0 saturated carbocycles. The van der Waals surface area contributed by atoms with Gasteiger partial charge >= 0.3 is 0 Å². The minimum atomic E-state index is 0.124. The Labute approximate surface area is 104 Å². The van der Waals surface area contributed by atoms with Crippen molar-refractivity contribution in [1.82, 2.24) is 4.90 Å². The van der Waals surface area contributed by atoms with E-state index in [0.717, 1.165) is 37.1 Å². The molecular weight excluding hydrogens is 212 g/mol. The van der Waals surface area contributed by atoms with Crippen molar-refractivity contribution in [3.8, 4) is 0 Å². The van der Waals surface area contributed by atoms with Crippen molar-refractivity contribution in [2.45, 2.75) is 26.7 Å². The topological polar surface area (TPSA) is 46.3 Å². The maximum absolute atomic E-state index is 12.3. The lowest BCUT2D eigenvalue weighted by Gasteiger charge is -2.21. The molecule has 0 fully saturated rings. The van der Waals surface area contributed by atoms with Crippen LogP contribution in [0.1, 0.15) is 36.2 Å². The van der Waals surface area contributed by atoms with Gasteiger partial charge in [-0.25, -0.2) is 0 Å². The fourth-order valence-electron chi connectivity index (χ4n) is 1.95. The van der Waals surface area contributed by atoms with Crippen molar-refractivity contribution in [2.75, 3.05) is 19.6 Å². The molecule has 0 atom stereocenters. The maximum Gasteiger partial charge on any atom is 0.254 e. The van der Waals surface area contributed by atoms with Gasteiger partial charge in [-0.15, -0.1) is 0 Å². The highest BCUT2D eigenvalue weighted by Crippen LogP contribution is 2.12. The summed E-state index contributed by atoms with van der Waals surface area (Å²) in [5.41, 5.74) is 7.42. The third-order valence-electron chi connectivity index (χ3n) is 2.82. The molecule has 1 amide bonds. The van der Waals surface area contributed by atoms with E-state index in [0.29, 0.717) is 6.54 Å². The third-order valence-corrected chi connectivity index (χ3v) is 2.82. The molecule has 0 aliphatic rings. The molecule has 0 radical (unpaired) electrons. The monoisotopic (exact) mass is 234 g/mol. The van der Waals surface area contributed by atoms with E-state index in [-0.39, 0.29) is 5.91 Å². The van der Waals surface area contributed by atoms with Gasteiger partial charge in [0.2, 0.25) is 0 Å². The number of benzene rings is 1. The predicted octanol–water partition coefficient (Wildman–Crippen LogP) is 2.06. The number of nitrogens with zero attached hydrogens (tertiary/aromatic N) is 1. The van der Waals surface area contributed by atoms with Gasteiger partial charge in [-0.1, -0.05) is 25.1 Å². The summed E-state index contributed by atoms with van der Waals surface area (Å²) in [4.78, 5) is 14.2. The minimum absolute atomic E-state index is 0.124. The van der Waals surface area contributed by atoms with E-state index in [2.05, 4.69) is 6.92 Å². The van der Waals surface area contributed by atoms with E-state index in [9.17, 15) is 4.79 Å². The summed E-state index contributed by atoms with van der Waals surface area (Å²) in [6.07, 6.45) is 1.74. The Bertz CT molecular complexity index is 363. The quantitative estimate of drug-likeness (QED) is 0.819. The molecule has 3 nitrogen and oxygen atoms in total. The summed E-state index contributed by atoms with van der Waals surface area (Å²) in [5.74, 6) is 0.124. The van der Waals surface area contributed by atoms with Crippen LogP contribution in [0.5, 0.6) is 0 Å².